The zero-order valence-corrected chi connectivity index (χ0v) is 14.1. The molecule has 0 atom stereocenters. The normalized spacial score (nSPS) is 10.0. The van der Waals surface area contributed by atoms with Crippen molar-refractivity contribution in [3.8, 4) is 0 Å². The van der Waals surface area contributed by atoms with Crippen molar-refractivity contribution < 1.29 is 9.53 Å². The Morgan fingerprint density at radius 3 is 2.04 bits per heavy atom. The van der Waals surface area contributed by atoms with Crippen LogP contribution in [0, 0.1) is 0 Å². The van der Waals surface area contributed by atoms with E-state index in [0.29, 0.717) is 6.61 Å². The summed E-state index contributed by atoms with van der Waals surface area (Å²) in [6.07, 6.45) is 5.02. The van der Waals surface area contributed by atoms with E-state index in [0.717, 1.165) is 12.8 Å². The molecule has 3 rings (SSSR count). The highest BCUT2D eigenvalue weighted by Gasteiger charge is 2.06. The van der Waals surface area contributed by atoms with Gasteiger partial charge in [-0.2, -0.15) is 0 Å². The fourth-order valence-corrected chi connectivity index (χ4v) is 2.53. The zero-order chi connectivity index (χ0) is 17.4. The molecule has 0 amide bonds. The number of unbranched alkanes of at least 4 members (excludes halogenated alkanes) is 1. The highest BCUT2D eigenvalue weighted by molar-refractivity contribution is 6.09. The van der Waals surface area contributed by atoms with E-state index < -0.39 is 0 Å². The highest BCUT2D eigenvalue weighted by Crippen LogP contribution is 2.28. The van der Waals surface area contributed by atoms with E-state index in [-0.39, 0.29) is 5.97 Å². The van der Waals surface area contributed by atoms with E-state index in [2.05, 4.69) is 71.0 Å². The summed E-state index contributed by atoms with van der Waals surface area (Å²) < 4.78 is 6.80. The Hall–Kier alpha value is -2.81. The Morgan fingerprint density at radius 2 is 1.58 bits per heavy atom. The van der Waals surface area contributed by atoms with Gasteiger partial charge in [0.25, 0.3) is 0 Å². The van der Waals surface area contributed by atoms with Crippen LogP contribution in [0.1, 0.15) is 19.8 Å². The fraction of sp³-hybridized carbons (Fsp3) is 0.190. The summed E-state index contributed by atoms with van der Waals surface area (Å²) in [5.74, 6) is -0.330. The van der Waals surface area contributed by atoms with Gasteiger partial charge in [0.2, 0.25) is 0 Å². The summed E-state index contributed by atoms with van der Waals surface area (Å²) in [4.78, 5) is 10.3. The number of ether oxygens (including phenoxy) is 1. The zero-order valence-electron chi connectivity index (χ0n) is 14.1. The smallest absolute Gasteiger partial charge is 0.330 e. The number of hydrogen-bond donors (Lipinski definition) is 0. The van der Waals surface area contributed by atoms with Crippen LogP contribution in [0.25, 0.3) is 28.0 Å². The SMILES string of the molecule is C=CC(=O)OCCCC.C=Cn1c2ccccc2c2ccccc21. The second-order valence-corrected chi connectivity index (χ2v) is 5.31. The number of rotatable bonds is 5. The summed E-state index contributed by atoms with van der Waals surface area (Å²) in [6.45, 7) is 9.69. The lowest BCUT2D eigenvalue weighted by Crippen LogP contribution is -2.00. The quantitative estimate of drug-likeness (QED) is 0.357. The van der Waals surface area contributed by atoms with E-state index in [1.807, 2.05) is 13.1 Å². The lowest BCUT2D eigenvalue weighted by Gasteiger charge is -1.97. The van der Waals surface area contributed by atoms with Gasteiger partial charge in [-0.25, -0.2) is 4.79 Å². The standard InChI is InChI=1S/C14H11N.C7H12O2/c1-2-15-13-9-5-3-7-11(13)12-8-4-6-10-14(12)15;1-3-5-6-9-7(8)4-2/h2-10H,1H2;4H,2-3,5-6H2,1H3. The van der Waals surface area contributed by atoms with Crippen molar-refractivity contribution in [2.75, 3.05) is 6.61 Å². The molecule has 1 aromatic heterocycles. The molecule has 0 spiro atoms. The largest absolute Gasteiger partial charge is 0.463 e. The van der Waals surface area contributed by atoms with Gasteiger partial charge in [0, 0.05) is 23.0 Å². The number of nitrogens with zero attached hydrogens (tertiary/aromatic N) is 1. The summed E-state index contributed by atoms with van der Waals surface area (Å²) >= 11 is 0. The number of carbonyl (C=O) groups excluding carboxylic acids is 1. The van der Waals surface area contributed by atoms with Crippen LogP contribution in [0.4, 0.5) is 0 Å². The fourth-order valence-electron chi connectivity index (χ4n) is 2.53. The van der Waals surface area contributed by atoms with Crippen molar-refractivity contribution >= 4 is 34.0 Å². The van der Waals surface area contributed by atoms with Crippen LogP contribution in [0.5, 0.6) is 0 Å². The molecule has 3 nitrogen and oxygen atoms in total. The summed E-state index contributed by atoms with van der Waals surface area (Å²) in [6, 6.07) is 16.8. The van der Waals surface area contributed by atoms with Gasteiger partial charge in [-0.1, -0.05) is 62.9 Å². The monoisotopic (exact) mass is 321 g/mol. The van der Waals surface area contributed by atoms with Crippen LogP contribution < -0.4 is 0 Å². The average molecular weight is 321 g/mol. The first kappa shape index (κ1) is 17.5. The van der Waals surface area contributed by atoms with Gasteiger partial charge in [0.1, 0.15) is 0 Å². The first-order chi connectivity index (χ1) is 11.7. The minimum atomic E-state index is -0.330. The number of benzene rings is 2. The van der Waals surface area contributed by atoms with Crippen molar-refractivity contribution in [3.63, 3.8) is 0 Å². The van der Waals surface area contributed by atoms with Crippen molar-refractivity contribution in [3.05, 3.63) is 67.8 Å². The molecule has 0 radical (unpaired) electrons. The molecular formula is C21H23NO2. The summed E-state index contributed by atoms with van der Waals surface area (Å²) in [5.41, 5.74) is 2.43. The van der Waals surface area contributed by atoms with Gasteiger partial charge >= 0.3 is 5.97 Å². The topological polar surface area (TPSA) is 31.2 Å². The minimum absolute atomic E-state index is 0.330. The summed E-state index contributed by atoms with van der Waals surface area (Å²) in [5, 5.41) is 2.57. The molecule has 2 aromatic carbocycles. The molecule has 1 heterocycles. The van der Waals surface area contributed by atoms with Gasteiger partial charge in [-0.05, 0) is 18.6 Å². The van der Waals surface area contributed by atoms with Crippen LogP contribution in [-0.4, -0.2) is 17.1 Å². The van der Waals surface area contributed by atoms with Crippen molar-refractivity contribution in [1.29, 1.82) is 0 Å². The third kappa shape index (κ3) is 3.93. The molecule has 3 aromatic rings. The molecular weight excluding hydrogens is 298 g/mol. The molecule has 0 aliphatic rings. The Balaban J connectivity index is 0.000000202. The van der Waals surface area contributed by atoms with Crippen LogP contribution in [0.3, 0.4) is 0 Å². The van der Waals surface area contributed by atoms with Gasteiger partial charge in [0.15, 0.2) is 0 Å². The van der Waals surface area contributed by atoms with E-state index in [1.165, 1.54) is 27.9 Å². The Labute approximate surface area is 142 Å². The molecule has 0 aliphatic carbocycles. The number of esters is 1. The third-order valence-electron chi connectivity index (χ3n) is 3.71. The molecule has 0 fully saturated rings. The van der Waals surface area contributed by atoms with Crippen LogP contribution >= 0.6 is 0 Å². The predicted octanol–water partition coefficient (Wildman–Crippen LogP) is 5.41. The lowest BCUT2D eigenvalue weighted by atomic mass is 10.2. The molecule has 0 saturated heterocycles. The van der Waals surface area contributed by atoms with E-state index in [4.69, 9.17) is 0 Å². The highest BCUT2D eigenvalue weighted by atomic mass is 16.5. The first-order valence-electron chi connectivity index (χ1n) is 8.12. The van der Waals surface area contributed by atoms with Gasteiger partial charge in [0.05, 0.1) is 17.6 Å². The number of hydrogen-bond acceptors (Lipinski definition) is 2. The number of fused-ring (bicyclic) bond motifs is 3. The maximum absolute atomic E-state index is 10.3. The summed E-state index contributed by atoms with van der Waals surface area (Å²) in [7, 11) is 0. The first-order valence-corrected chi connectivity index (χ1v) is 8.12. The maximum Gasteiger partial charge on any atom is 0.330 e. The Bertz CT molecular complexity index is 792. The van der Waals surface area contributed by atoms with Gasteiger partial charge in [-0.15, -0.1) is 0 Å². The minimum Gasteiger partial charge on any atom is -0.463 e. The molecule has 0 N–H and O–H groups in total. The molecule has 0 bridgehead atoms. The second-order valence-electron chi connectivity index (χ2n) is 5.31. The molecule has 3 heteroatoms. The van der Waals surface area contributed by atoms with E-state index >= 15 is 0 Å². The van der Waals surface area contributed by atoms with Gasteiger partial charge < -0.3 is 9.30 Å². The molecule has 0 saturated carbocycles. The average Bonchev–Trinajstić information content (AvgIpc) is 2.96. The third-order valence-corrected chi connectivity index (χ3v) is 3.71. The van der Waals surface area contributed by atoms with Crippen molar-refractivity contribution in [2.45, 2.75) is 19.8 Å². The molecule has 124 valence electrons. The number of aromatic nitrogens is 1. The Kier molecular flexibility index (Phi) is 6.38. The van der Waals surface area contributed by atoms with Crippen LogP contribution in [-0.2, 0) is 9.53 Å². The van der Waals surface area contributed by atoms with Crippen molar-refractivity contribution in [1.82, 2.24) is 4.57 Å². The molecule has 24 heavy (non-hydrogen) atoms. The van der Waals surface area contributed by atoms with E-state index in [1.54, 1.807) is 0 Å². The Morgan fingerprint density at radius 1 is 1.04 bits per heavy atom. The number of carbonyl (C=O) groups is 1. The molecule has 0 aliphatic heterocycles. The van der Waals surface area contributed by atoms with E-state index in [9.17, 15) is 4.79 Å². The molecule has 0 unspecified atom stereocenters. The predicted molar refractivity (Wildman–Crippen MR) is 102 cm³/mol. The van der Waals surface area contributed by atoms with Crippen LogP contribution in [0.15, 0.2) is 67.8 Å². The maximum atomic E-state index is 10.3. The lowest BCUT2D eigenvalue weighted by molar-refractivity contribution is -0.137. The number of para-hydroxylation sites is 2. The van der Waals surface area contributed by atoms with Crippen LogP contribution in [0.2, 0.25) is 0 Å². The second kappa shape index (κ2) is 8.73. The van der Waals surface area contributed by atoms with Crippen molar-refractivity contribution in [2.24, 2.45) is 0 Å². The van der Waals surface area contributed by atoms with Gasteiger partial charge in [-0.3, -0.25) is 0 Å².